The Bertz CT molecular complexity index is 755. The molecular weight excluding hydrogens is 338 g/mol. The van der Waals surface area contributed by atoms with E-state index in [1.165, 1.54) is 0 Å². The van der Waals surface area contributed by atoms with Gasteiger partial charge in [0.1, 0.15) is 0 Å². The summed E-state index contributed by atoms with van der Waals surface area (Å²) in [6, 6.07) is 10.7. The van der Waals surface area contributed by atoms with Crippen molar-refractivity contribution in [1.82, 2.24) is 5.06 Å². The largest absolute Gasteiger partial charge is 0.363 e. The average Bonchev–Trinajstić information content (AvgIpc) is 2.78. The van der Waals surface area contributed by atoms with Crippen molar-refractivity contribution in [3.63, 3.8) is 0 Å². The molecule has 2 aromatic carbocycles. The molecule has 0 spiro atoms. The molecule has 1 aliphatic heterocycles. The second kappa shape index (κ2) is 5.29. The first-order valence-electron chi connectivity index (χ1n) is 6.32. The molecule has 1 aliphatic rings. The van der Waals surface area contributed by atoms with E-state index < -0.39 is 17.8 Å². The molecule has 2 aromatic rings. The number of nitrogens with zero attached hydrogens (tertiary/aromatic N) is 1. The van der Waals surface area contributed by atoms with Gasteiger partial charge in [0.15, 0.2) is 0 Å². The molecule has 6 heteroatoms. The Morgan fingerprint density at radius 3 is 2.33 bits per heavy atom. The van der Waals surface area contributed by atoms with Crippen molar-refractivity contribution in [1.29, 1.82) is 0 Å². The number of imide groups is 1. The van der Waals surface area contributed by atoms with Crippen LogP contribution in [-0.2, 0) is 14.4 Å². The van der Waals surface area contributed by atoms with Crippen molar-refractivity contribution in [2.45, 2.75) is 12.8 Å². The van der Waals surface area contributed by atoms with Crippen LogP contribution in [0.5, 0.6) is 0 Å². The predicted octanol–water partition coefficient (Wildman–Crippen LogP) is 2.82. The van der Waals surface area contributed by atoms with Crippen molar-refractivity contribution in [3.8, 4) is 0 Å². The lowest BCUT2D eigenvalue weighted by molar-refractivity contribution is -0.172. The van der Waals surface area contributed by atoms with Gasteiger partial charge in [0, 0.05) is 17.3 Å². The van der Waals surface area contributed by atoms with E-state index in [1.807, 2.05) is 18.2 Å². The highest BCUT2D eigenvalue weighted by molar-refractivity contribution is 9.10. The fourth-order valence-electron chi connectivity index (χ4n) is 2.14. The summed E-state index contributed by atoms with van der Waals surface area (Å²) in [6.07, 6.45) is 0.162. The second-order valence-corrected chi connectivity index (χ2v) is 5.58. The van der Waals surface area contributed by atoms with E-state index in [4.69, 9.17) is 4.84 Å². The summed E-state index contributed by atoms with van der Waals surface area (Å²) >= 11 is 3.38. The van der Waals surface area contributed by atoms with Crippen LogP contribution in [0.25, 0.3) is 10.8 Å². The van der Waals surface area contributed by atoms with E-state index in [0.29, 0.717) is 5.06 Å². The van der Waals surface area contributed by atoms with E-state index in [0.717, 1.165) is 15.2 Å². The van der Waals surface area contributed by atoms with Crippen LogP contribution in [-0.4, -0.2) is 22.8 Å². The van der Waals surface area contributed by atoms with Crippen LogP contribution in [0, 0.1) is 0 Å². The minimum Gasteiger partial charge on any atom is -0.325 e. The van der Waals surface area contributed by atoms with Crippen LogP contribution in [0.4, 0.5) is 0 Å². The average molecular weight is 348 g/mol. The lowest BCUT2D eigenvalue weighted by atomic mass is 10.1. The topological polar surface area (TPSA) is 63.7 Å². The number of carbonyl (C=O) groups is 3. The fourth-order valence-corrected chi connectivity index (χ4v) is 2.52. The normalized spacial score (nSPS) is 14.8. The summed E-state index contributed by atoms with van der Waals surface area (Å²) < 4.78 is 0.943. The van der Waals surface area contributed by atoms with Crippen LogP contribution in [0.2, 0.25) is 0 Å². The van der Waals surface area contributed by atoms with Gasteiger partial charge in [-0.1, -0.05) is 28.1 Å². The van der Waals surface area contributed by atoms with E-state index in [-0.39, 0.29) is 18.4 Å². The number of hydroxylamine groups is 2. The molecule has 0 radical (unpaired) electrons. The van der Waals surface area contributed by atoms with Crippen molar-refractivity contribution >= 4 is 44.5 Å². The SMILES string of the molecule is O=C(ON1C(=O)CCC1=O)c1ccc2cc(Br)ccc2c1. The molecular formula is C15H10BrNO4. The molecule has 2 amide bonds. The number of halogens is 1. The first-order chi connectivity index (χ1) is 10.0. The Labute approximate surface area is 128 Å². The van der Waals surface area contributed by atoms with E-state index in [1.54, 1.807) is 18.2 Å². The highest BCUT2D eigenvalue weighted by atomic mass is 79.9. The van der Waals surface area contributed by atoms with E-state index in [2.05, 4.69) is 15.9 Å². The summed E-state index contributed by atoms with van der Waals surface area (Å²) in [5.74, 6) is -1.69. The molecule has 0 saturated carbocycles. The zero-order chi connectivity index (χ0) is 15.0. The quantitative estimate of drug-likeness (QED) is 0.783. The standard InChI is InChI=1S/C15H10BrNO4/c16-12-4-3-9-7-11(2-1-10(9)8-12)15(20)21-17-13(18)5-6-14(17)19/h1-4,7-8H,5-6H2. The number of hydrogen-bond donors (Lipinski definition) is 0. The van der Waals surface area contributed by atoms with Gasteiger partial charge >= 0.3 is 5.97 Å². The maximum Gasteiger partial charge on any atom is 0.363 e. The van der Waals surface area contributed by atoms with Gasteiger partial charge in [-0.3, -0.25) is 9.59 Å². The van der Waals surface area contributed by atoms with Crippen molar-refractivity contribution < 1.29 is 19.2 Å². The van der Waals surface area contributed by atoms with Crippen LogP contribution in [0.1, 0.15) is 23.2 Å². The van der Waals surface area contributed by atoms with E-state index in [9.17, 15) is 14.4 Å². The minimum absolute atomic E-state index is 0.0812. The van der Waals surface area contributed by atoms with Crippen LogP contribution in [0.3, 0.4) is 0 Å². The first kappa shape index (κ1) is 13.8. The Kier molecular flexibility index (Phi) is 3.47. The van der Waals surface area contributed by atoms with E-state index >= 15 is 0 Å². The maximum absolute atomic E-state index is 12.0. The molecule has 0 unspecified atom stereocenters. The molecule has 0 atom stereocenters. The van der Waals surface area contributed by atoms with Gasteiger partial charge in [-0.05, 0) is 35.0 Å². The molecule has 21 heavy (non-hydrogen) atoms. The smallest absolute Gasteiger partial charge is 0.325 e. The van der Waals surface area contributed by atoms with Gasteiger partial charge in [0.25, 0.3) is 11.8 Å². The molecule has 106 valence electrons. The van der Waals surface area contributed by atoms with Crippen LogP contribution >= 0.6 is 15.9 Å². The number of hydrogen-bond acceptors (Lipinski definition) is 4. The maximum atomic E-state index is 12.0. The zero-order valence-corrected chi connectivity index (χ0v) is 12.4. The van der Waals surface area contributed by atoms with Crippen LogP contribution in [0.15, 0.2) is 40.9 Å². The molecule has 0 aromatic heterocycles. The molecule has 1 saturated heterocycles. The molecule has 5 nitrogen and oxygen atoms in total. The Morgan fingerprint density at radius 2 is 1.62 bits per heavy atom. The predicted molar refractivity (Wildman–Crippen MR) is 78.2 cm³/mol. The minimum atomic E-state index is -0.719. The Hall–Kier alpha value is -2.21. The number of fused-ring (bicyclic) bond motifs is 1. The monoisotopic (exact) mass is 347 g/mol. The number of amides is 2. The lowest BCUT2D eigenvalue weighted by Crippen LogP contribution is -2.32. The molecule has 0 aliphatic carbocycles. The third-order valence-electron chi connectivity index (χ3n) is 3.22. The van der Waals surface area contributed by atoms with Gasteiger partial charge in [-0.15, -0.1) is 5.06 Å². The van der Waals surface area contributed by atoms with Gasteiger partial charge < -0.3 is 4.84 Å². The summed E-state index contributed by atoms with van der Waals surface area (Å²) in [6.45, 7) is 0. The van der Waals surface area contributed by atoms with Crippen molar-refractivity contribution in [2.75, 3.05) is 0 Å². The third kappa shape index (κ3) is 2.67. The molecule has 1 heterocycles. The van der Waals surface area contributed by atoms with Crippen molar-refractivity contribution in [3.05, 3.63) is 46.4 Å². The first-order valence-corrected chi connectivity index (χ1v) is 7.11. The summed E-state index contributed by atoms with van der Waals surface area (Å²) in [4.78, 5) is 39.8. The molecule has 0 bridgehead atoms. The second-order valence-electron chi connectivity index (χ2n) is 4.67. The molecule has 3 rings (SSSR count). The van der Waals surface area contributed by atoms with Crippen molar-refractivity contribution in [2.24, 2.45) is 0 Å². The molecule has 1 fully saturated rings. The highest BCUT2D eigenvalue weighted by Gasteiger charge is 2.33. The lowest BCUT2D eigenvalue weighted by Gasteiger charge is -2.12. The number of rotatable bonds is 2. The van der Waals surface area contributed by atoms with Gasteiger partial charge in [0.05, 0.1) is 5.56 Å². The zero-order valence-electron chi connectivity index (χ0n) is 10.8. The third-order valence-corrected chi connectivity index (χ3v) is 3.71. The Morgan fingerprint density at radius 1 is 1.00 bits per heavy atom. The Balaban J connectivity index is 1.86. The summed E-state index contributed by atoms with van der Waals surface area (Å²) in [5.41, 5.74) is 0.289. The number of carbonyl (C=O) groups excluding carboxylic acids is 3. The van der Waals surface area contributed by atoms with Crippen LogP contribution < -0.4 is 0 Å². The summed E-state index contributed by atoms with van der Waals surface area (Å²) in [7, 11) is 0. The van der Waals surface area contributed by atoms with Gasteiger partial charge in [-0.2, -0.15) is 0 Å². The molecule has 0 N–H and O–H groups in total. The fraction of sp³-hybridized carbons (Fsp3) is 0.133. The highest BCUT2D eigenvalue weighted by Crippen LogP contribution is 2.22. The van der Waals surface area contributed by atoms with Gasteiger partial charge in [-0.25, -0.2) is 4.79 Å². The van der Waals surface area contributed by atoms with Gasteiger partial charge in [0.2, 0.25) is 0 Å². The summed E-state index contributed by atoms with van der Waals surface area (Å²) in [5, 5.41) is 2.38. The number of benzene rings is 2.